The number of aromatic nitrogens is 2. The lowest BCUT2D eigenvalue weighted by Gasteiger charge is -2.11. The summed E-state index contributed by atoms with van der Waals surface area (Å²) in [6.07, 6.45) is -1.72. The van der Waals surface area contributed by atoms with Crippen molar-refractivity contribution < 1.29 is 22.4 Å². The number of carbonyl (C=O) groups is 1. The number of amides is 1. The Labute approximate surface area is 168 Å². The highest BCUT2D eigenvalue weighted by atomic mass is 19.4. The number of allylic oxidation sites excluding steroid dienone is 1. The van der Waals surface area contributed by atoms with E-state index in [9.17, 15) is 22.4 Å². The van der Waals surface area contributed by atoms with E-state index in [0.717, 1.165) is 6.20 Å². The molecule has 0 saturated carbocycles. The summed E-state index contributed by atoms with van der Waals surface area (Å²) in [6.45, 7) is 0. The molecule has 3 rings (SSSR count). The van der Waals surface area contributed by atoms with Gasteiger partial charge in [0.15, 0.2) is 0 Å². The van der Waals surface area contributed by atoms with Gasteiger partial charge >= 0.3 is 6.18 Å². The molecule has 0 unspecified atom stereocenters. The fourth-order valence-corrected chi connectivity index (χ4v) is 2.54. The van der Waals surface area contributed by atoms with Gasteiger partial charge in [0.2, 0.25) is 0 Å². The minimum atomic E-state index is -4.82. The summed E-state index contributed by atoms with van der Waals surface area (Å²) in [7, 11) is 1.32. The smallest absolute Gasteiger partial charge is 0.375 e. The van der Waals surface area contributed by atoms with E-state index in [0.29, 0.717) is 28.2 Å². The normalized spacial score (nSPS) is 12.0. The predicted molar refractivity (Wildman–Crippen MR) is 103 cm³/mol. The lowest BCUT2D eigenvalue weighted by Crippen LogP contribution is -2.32. The number of hydrogen-bond acceptors (Lipinski definition) is 5. The molecular weight excluding hydrogens is 402 g/mol. The van der Waals surface area contributed by atoms with Crippen LogP contribution in [0.5, 0.6) is 0 Å². The Morgan fingerprint density at radius 3 is 2.50 bits per heavy atom. The maximum atomic E-state index is 13.0. The molecule has 0 spiro atoms. The summed E-state index contributed by atoms with van der Waals surface area (Å²) in [5.74, 6) is -1.39. The van der Waals surface area contributed by atoms with Gasteiger partial charge in [-0.3, -0.25) is 20.2 Å². The average Bonchev–Trinajstić information content (AvgIpc) is 2.72. The number of benzene rings is 1. The van der Waals surface area contributed by atoms with Gasteiger partial charge in [0.05, 0.1) is 17.4 Å². The van der Waals surface area contributed by atoms with Gasteiger partial charge in [-0.2, -0.15) is 13.2 Å². The molecule has 0 aliphatic carbocycles. The molecule has 1 amide bonds. The molecule has 3 N–H and O–H groups in total. The molecular formula is C20H15F4N5O. The van der Waals surface area contributed by atoms with Crippen LogP contribution in [-0.4, -0.2) is 34.8 Å². The van der Waals surface area contributed by atoms with Crippen molar-refractivity contribution in [1.82, 2.24) is 20.6 Å². The number of pyridine rings is 2. The van der Waals surface area contributed by atoms with Crippen molar-refractivity contribution in [3.05, 3.63) is 72.1 Å². The number of carbonyl (C=O) groups excluding carboxylic acids is 1. The Hall–Kier alpha value is -3.82. The van der Waals surface area contributed by atoms with E-state index in [1.54, 1.807) is 12.1 Å². The zero-order valence-corrected chi connectivity index (χ0v) is 15.5. The number of nitrogens with zero attached hydrogens (tertiary/aromatic N) is 2. The third-order valence-electron chi connectivity index (χ3n) is 4.08. The minimum Gasteiger partial charge on any atom is -0.375 e. The van der Waals surface area contributed by atoms with Gasteiger partial charge in [-0.05, 0) is 30.3 Å². The Kier molecular flexibility index (Phi) is 5.77. The van der Waals surface area contributed by atoms with Crippen LogP contribution in [0.1, 0.15) is 10.4 Å². The maximum Gasteiger partial charge on any atom is 0.432 e. The summed E-state index contributed by atoms with van der Waals surface area (Å²) in [5.41, 5.74) is 0.234. The number of halogens is 4. The second-order valence-electron chi connectivity index (χ2n) is 6.17. The van der Waals surface area contributed by atoms with Crippen LogP contribution in [0.2, 0.25) is 0 Å². The molecule has 0 bridgehead atoms. The minimum absolute atomic E-state index is 0.169. The van der Waals surface area contributed by atoms with E-state index in [1.807, 2.05) is 0 Å². The van der Waals surface area contributed by atoms with Gasteiger partial charge in [-0.15, -0.1) is 0 Å². The van der Waals surface area contributed by atoms with Crippen molar-refractivity contribution in [2.75, 3.05) is 7.05 Å². The predicted octanol–water partition coefficient (Wildman–Crippen LogP) is 3.81. The van der Waals surface area contributed by atoms with Gasteiger partial charge in [0, 0.05) is 35.8 Å². The molecule has 0 fully saturated rings. The highest BCUT2D eigenvalue weighted by molar-refractivity contribution is 6.01. The zero-order chi connectivity index (χ0) is 21.9. The van der Waals surface area contributed by atoms with Crippen molar-refractivity contribution >= 4 is 22.5 Å². The second-order valence-corrected chi connectivity index (χ2v) is 6.17. The lowest BCUT2D eigenvalue weighted by atomic mass is 10.1. The van der Waals surface area contributed by atoms with Crippen LogP contribution in [0.4, 0.5) is 17.6 Å². The van der Waals surface area contributed by atoms with Crippen LogP contribution in [-0.2, 0) is 0 Å². The largest absolute Gasteiger partial charge is 0.432 e. The van der Waals surface area contributed by atoms with Crippen molar-refractivity contribution in [2.45, 2.75) is 6.18 Å². The fourth-order valence-electron chi connectivity index (χ4n) is 2.54. The standard InChI is InChI=1S/C20H15F4N5O/c1-26-18(8-17(25)20(22,23)24)29-19(30)12-3-2-11-6-13(9-27-16(11)7-12)15-5-4-14(21)10-28-15/h2-10,25-26H,1H3,(H,29,30)/b18-8+,25-17?. The molecule has 0 aliphatic heterocycles. The number of fused-ring (bicyclic) bond motifs is 1. The Balaban J connectivity index is 1.83. The molecule has 0 atom stereocenters. The maximum absolute atomic E-state index is 13.0. The van der Waals surface area contributed by atoms with Crippen LogP contribution >= 0.6 is 0 Å². The van der Waals surface area contributed by atoms with Crippen LogP contribution in [0.15, 0.2) is 60.7 Å². The summed E-state index contributed by atoms with van der Waals surface area (Å²) in [4.78, 5) is 20.7. The van der Waals surface area contributed by atoms with Gasteiger partial charge in [-0.1, -0.05) is 6.07 Å². The van der Waals surface area contributed by atoms with Crippen molar-refractivity contribution in [2.24, 2.45) is 0 Å². The van der Waals surface area contributed by atoms with Crippen molar-refractivity contribution in [3.8, 4) is 11.3 Å². The summed E-state index contributed by atoms with van der Waals surface area (Å²) < 4.78 is 50.6. The summed E-state index contributed by atoms with van der Waals surface area (Å²) in [6, 6.07) is 9.17. The van der Waals surface area contributed by atoms with Gasteiger partial charge < -0.3 is 10.6 Å². The second kappa shape index (κ2) is 8.27. The molecule has 2 aromatic heterocycles. The van der Waals surface area contributed by atoms with Crippen LogP contribution < -0.4 is 10.6 Å². The van der Waals surface area contributed by atoms with E-state index in [1.165, 1.54) is 37.5 Å². The van der Waals surface area contributed by atoms with E-state index >= 15 is 0 Å². The number of alkyl halides is 3. The first kappa shape index (κ1) is 20.9. The van der Waals surface area contributed by atoms with Crippen molar-refractivity contribution in [1.29, 1.82) is 5.41 Å². The fraction of sp³-hybridized carbons (Fsp3) is 0.100. The lowest BCUT2D eigenvalue weighted by molar-refractivity contribution is -0.0584. The highest BCUT2D eigenvalue weighted by Gasteiger charge is 2.33. The molecule has 0 aliphatic rings. The van der Waals surface area contributed by atoms with Crippen molar-refractivity contribution in [3.63, 3.8) is 0 Å². The molecule has 6 nitrogen and oxygen atoms in total. The SMILES string of the molecule is CN/C(=C\C(=N)C(F)(F)F)NC(=O)c1ccc2cc(-c3ccc(F)cn3)cnc2c1. The molecule has 0 radical (unpaired) electrons. The first-order valence-corrected chi connectivity index (χ1v) is 8.55. The number of hydrogen-bond donors (Lipinski definition) is 3. The molecule has 10 heteroatoms. The average molecular weight is 417 g/mol. The molecule has 30 heavy (non-hydrogen) atoms. The highest BCUT2D eigenvalue weighted by Crippen LogP contribution is 2.22. The van der Waals surface area contributed by atoms with Gasteiger partial charge in [0.25, 0.3) is 5.91 Å². The third-order valence-corrected chi connectivity index (χ3v) is 4.08. The van der Waals surface area contributed by atoms with Crippen LogP contribution in [0.25, 0.3) is 22.2 Å². The topological polar surface area (TPSA) is 90.8 Å². The van der Waals surface area contributed by atoms with E-state index < -0.39 is 23.6 Å². The Bertz CT molecular complexity index is 1140. The zero-order valence-electron chi connectivity index (χ0n) is 15.5. The number of nitrogens with one attached hydrogen (secondary N) is 3. The molecule has 154 valence electrons. The summed E-state index contributed by atoms with van der Waals surface area (Å²) >= 11 is 0. The summed E-state index contributed by atoms with van der Waals surface area (Å²) in [5, 5.41) is 12.4. The quantitative estimate of drug-likeness (QED) is 0.435. The van der Waals surface area contributed by atoms with Crippen LogP contribution in [0.3, 0.4) is 0 Å². The first-order chi connectivity index (χ1) is 14.2. The molecule has 3 aromatic rings. The van der Waals surface area contributed by atoms with E-state index in [2.05, 4.69) is 20.6 Å². The Morgan fingerprint density at radius 2 is 1.87 bits per heavy atom. The number of rotatable bonds is 5. The van der Waals surface area contributed by atoms with Gasteiger partial charge in [-0.25, -0.2) is 4.39 Å². The molecule has 1 aromatic carbocycles. The molecule has 0 saturated heterocycles. The Morgan fingerprint density at radius 1 is 1.10 bits per heavy atom. The third kappa shape index (κ3) is 4.77. The molecule has 2 heterocycles. The monoisotopic (exact) mass is 417 g/mol. The van der Waals surface area contributed by atoms with E-state index in [4.69, 9.17) is 5.41 Å². The first-order valence-electron chi connectivity index (χ1n) is 8.55. The van der Waals surface area contributed by atoms with Gasteiger partial charge in [0.1, 0.15) is 17.3 Å². The van der Waals surface area contributed by atoms with E-state index in [-0.39, 0.29) is 11.4 Å². The van der Waals surface area contributed by atoms with Crippen LogP contribution in [0, 0.1) is 11.2 Å².